The van der Waals surface area contributed by atoms with Crippen molar-refractivity contribution in [2.45, 2.75) is 44.6 Å². The standard InChI is InChI=1S/C29H28F5N5O2/c1-4-22(40)39-16-7-5-15(6-8-16)14(2)26-23(29(35)38-13-37-26)27(36-3)18-10-9-17(11-19(18)30)41-28-24(33)20(31)12-21(32)25(28)34/h4,9-16H,1,5-8H2,2-3H3,(H,39,40)(H2,35,37,38)/b36-27-. The molecule has 3 N–H and O–H groups in total. The van der Waals surface area contributed by atoms with E-state index in [1.54, 1.807) is 0 Å². The van der Waals surface area contributed by atoms with Crippen molar-refractivity contribution in [3.63, 3.8) is 0 Å². The summed E-state index contributed by atoms with van der Waals surface area (Å²) >= 11 is 0. The largest absolute Gasteiger partial charge is 0.451 e. The molecule has 1 amide bonds. The Kier molecular flexibility index (Phi) is 8.99. The van der Waals surface area contributed by atoms with Gasteiger partial charge in [-0.3, -0.25) is 9.79 Å². The van der Waals surface area contributed by atoms with E-state index in [1.165, 1.54) is 31.6 Å². The fourth-order valence-electron chi connectivity index (χ4n) is 5.13. The number of carbonyl (C=O) groups excluding carboxylic acids is 1. The summed E-state index contributed by atoms with van der Waals surface area (Å²) in [5, 5.41) is 2.92. The van der Waals surface area contributed by atoms with Crippen LogP contribution < -0.4 is 15.8 Å². The van der Waals surface area contributed by atoms with Gasteiger partial charge in [-0.05, 0) is 49.8 Å². The maximum atomic E-state index is 15.4. The number of amides is 1. The number of rotatable bonds is 8. The molecule has 1 heterocycles. The zero-order valence-electron chi connectivity index (χ0n) is 22.4. The summed E-state index contributed by atoms with van der Waals surface area (Å²) in [7, 11) is 1.44. The van der Waals surface area contributed by atoms with E-state index in [0.29, 0.717) is 11.3 Å². The quantitative estimate of drug-likeness (QED) is 0.149. The minimum atomic E-state index is -1.76. The van der Waals surface area contributed by atoms with Crippen LogP contribution in [0.5, 0.6) is 11.5 Å². The van der Waals surface area contributed by atoms with Crippen LogP contribution in [0.1, 0.15) is 55.3 Å². The summed E-state index contributed by atoms with van der Waals surface area (Å²) in [6.45, 7) is 5.47. The monoisotopic (exact) mass is 573 g/mol. The summed E-state index contributed by atoms with van der Waals surface area (Å²) in [6.07, 6.45) is 5.71. The lowest BCUT2D eigenvalue weighted by Gasteiger charge is -2.33. The molecule has 1 aliphatic rings. The Labute approximate surface area is 233 Å². The minimum absolute atomic E-state index is 0.0305. The van der Waals surface area contributed by atoms with Gasteiger partial charge >= 0.3 is 0 Å². The number of halogens is 5. The SMILES string of the molecule is C=CC(=O)NC1CCC(C(C)c2ncnc(N)c2/C(=N\C)c2ccc(Oc3c(F)c(F)cc(F)c3F)cc2F)CC1. The fourth-order valence-corrected chi connectivity index (χ4v) is 5.13. The fraction of sp³-hybridized carbons (Fsp3) is 0.310. The summed E-state index contributed by atoms with van der Waals surface area (Å²) in [6, 6.07) is 3.32. The molecule has 1 unspecified atom stereocenters. The Morgan fingerprint density at radius 2 is 1.73 bits per heavy atom. The van der Waals surface area contributed by atoms with Crippen molar-refractivity contribution in [2.75, 3.05) is 12.8 Å². The van der Waals surface area contributed by atoms with Crippen molar-refractivity contribution in [3.8, 4) is 11.5 Å². The van der Waals surface area contributed by atoms with Crippen LogP contribution in [0.3, 0.4) is 0 Å². The molecule has 1 atom stereocenters. The number of aliphatic imine (C=N–C) groups is 1. The van der Waals surface area contributed by atoms with Crippen LogP contribution in [0.2, 0.25) is 0 Å². The first-order chi connectivity index (χ1) is 19.5. The Morgan fingerprint density at radius 1 is 1.07 bits per heavy atom. The highest BCUT2D eigenvalue weighted by Crippen LogP contribution is 2.38. The van der Waals surface area contributed by atoms with Crippen molar-refractivity contribution >= 4 is 17.4 Å². The van der Waals surface area contributed by atoms with Crippen LogP contribution >= 0.6 is 0 Å². The van der Waals surface area contributed by atoms with Gasteiger partial charge in [0.1, 0.15) is 23.7 Å². The second-order valence-corrected chi connectivity index (χ2v) is 9.75. The van der Waals surface area contributed by atoms with Crippen LogP contribution in [0.15, 0.2) is 48.2 Å². The molecule has 0 radical (unpaired) electrons. The summed E-state index contributed by atoms with van der Waals surface area (Å²) in [4.78, 5) is 24.5. The van der Waals surface area contributed by atoms with Gasteiger partial charge in [-0.25, -0.2) is 23.1 Å². The molecular weight excluding hydrogens is 545 g/mol. The van der Waals surface area contributed by atoms with Crippen molar-refractivity contribution in [2.24, 2.45) is 10.9 Å². The predicted octanol–water partition coefficient (Wildman–Crippen LogP) is 5.98. The van der Waals surface area contributed by atoms with Crippen molar-refractivity contribution in [3.05, 3.63) is 89.2 Å². The van der Waals surface area contributed by atoms with Crippen LogP contribution in [0.25, 0.3) is 0 Å². The smallest absolute Gasteiger partial charge is 0.243 e. The van der Waals surface area contributed by atoms with Gasteiger partial charge in [0.05, 0.1) is 17.0 Å². The summed E-state index contributed by atoms with van der Waals surface area (Å²) in [5.74, 6) is -9.55. The highest BCUT2D eigenvalue weighted by molar-refractivity contribution is 6.16. The number of ether oxygens (including phenoxy) is 1. The topological polar surface area (TPSA) is 102 Å². The molecule has 1 aliphatic carbocycles. The van der Waals surface area contributed by atoms with Gasteiger partial charge in [-0.15, -0.1) is 0 Å². The molecule has 7 nitrogen and oxygen atoms in total. The van der Waals surface area contributed by atoms with Crippen LogP contribution in [0, 0.1) is 35.0 Å². The molecule has 2 aromatic carbocycles. The molecule has 1 aromatic heterocycles. The van der Waals surface area contributed by atoms with Gasteiger partial charge in [0.2, 0.25) is 23.3 Å². The van der Waals surface area contributed by atoms with E-state index in [4.69, 9.17) is 10.5 Å². The first-order valence-electron chi connectivity index (χ1n) is 12.9. The first-order valence-corrected chi connectivity index (χ1v) is 12.9. The number of nitrogens with one attached hydrogen (secondary N) is 1. The number of carbonyl (C=O) groups is 1. The van der Waals surface area contributed by atoms with E-state index in [9.17, 15) is 22.4 Å². The van der Waals surface area contributed by atoms with E-state index in [1.807, 2.05) is 6.92 Å². The number of nitrogens with zero attached hydrogens (tertiary/aromatic N) is 3. The zero-order chi connectivity index (χ0) is 29.8. The number of nitrogen functional groups attached to an aromatic ring is 1. The van der Waals surface area contributed by atoms with Crippen LogP contribution in [-0.4, -0.2) is 34.7 Å². The number of aromatic nitrogens is 2. The van der Waals surface area contributed by atoms with Crippen molar-refractivity contribution in [1.82, 2.24) is 15.3 Å². The third-order valence-electron chi connectivity index (χ3n) is 7.30. The Bertz CT molecular complexity index is 1480. The third-order valence-corrected chi connectivity index (χ3v) is 7.30. The Morgan fingerprint density at radius 3 is 2.32 bits per heavy atom. The highest BCUT2D eigenvalue weighted by Gasteiger charge is 2.31. The lowest BCUT2D eigenvalue weighted by molar-refractivity contribution is -0.117. The van der Waals surface area contributed by atoms with E-state index in [2.05, 4.69) is 26.9 Å². The second-order valence-electron chi connectivity index (χ2n) is 9.75. The van der Waals surface area contributed by atoms with Crippen LogP contribution in [-0.2, 0) is 4.79 Å². The molecule has 0 bridgehead atoms. The molecule has 1 fully saturated rings. The summed E-state index contributed by atoms with van der Waals surface area (Å²) < 4.78 is 75.6. The number of hydrogen-bond acceptors (Lipinski definition) is 6. The Balaban J connectivity index is 1.62. The number of benzene rings is 2. The number of hydrogen-bond donors (Lipinski definition) is 2. The lowest BCUT2D eigenvalue weighted by atomic mass is 9.76. The average molecular weight is 574 g/mol. The average Bonchev–Trinajstić information content (AvgIpc) is 2.96. The lowest BCUT2D eigenvalue weighted by Crippen LogP contribution is -2.37. The van der Waals surface area contributed by atoms with Crippen molar-refractivity contribution in [1.29, 1.82) is 0 Å². The normalized spacial score (nSPS) is 18.1. The minimum Gasteiger partial charge on any atom is -0.451 e. The first kappa shape index (κ1) is 29.6. The van der Waals surface area contributed by atoms with E-state index >= 15 is 4.39 Å². The number of anilines is 1. The van der Waals surface area contributed by atoms with Gasteiger partial charge in [0, 0.05) is 36.7 Å². The molecule has 41 heavy (non-hydrogen) atoms. The van der Waals surface area contributed by atoms with Gasteiger partial charge in [-0.1, -0.05) is 13.5 Å². The predicted molar refractivity (Wildman–Crippen MR) is 143 cm³/mol. The Hall–Kier alpha value is -4.35. The van der Waals surface area contributed by atoms with E-state index in [-0.39, 0.29) is 46.9 Å². The van der Waals surface area contributed by atoms with Crippen molar-refractivity contribution < 1.29 is 31.5 Å². The molecule has 0 saturated heterocycles. The maximum absolute atomic E-state index is 15.4. The van der Waals surface area contributed by atoms with Gasteiger partial charge in [0.15, 0.2) is 11.6 Å². The molecule has 1 saturated carbocycles. The molecule has 4 rings (SSSR count). The molecule has 3 aromatic rings. The van der Waals surface area contributed by atoms with Crippen LogP contribution in [0.4, 0.5) is 27.8 Å². The van der Waals surface area contributed by atoms with Gasteiger partial charge in [-0.2, -0.15) is 8.78 Å². The number of nitrogens with two attached hydrogens (primary N) is 1. The molecular formula is C29H28F5N5O2. The zero-order valence-corrected chi connectivity index (χ0v) is 22.4. The van der Waals surface area contributed by atoms with Gasteiger partial charge in [0.25, 0.3) is 0 Å². The molecule has 216 valence electrons. The van der Waals surface area contributed by atoms with E-state index < -0.39 is 40.6 Å². The highest BCUT2D eigenvalue weighted by atomic mass is 19.2. The summed E-state index contributed by atoms with van der Waals surface area (Å²) in [5.41, 5.74) is 7.25. The molecule has 12 heteroatoms. The molecule has 0 spiro atoms. The van der Waals surface area contributed by atoms with E-state index in [0.717, 1.165) is 31.7 Å². The van der Waals surface area contributed by atoms with Gasteiger partial charge < -0.3 is 15.8 Å². The maximum Gasteiger partial charge on any atom is 0.243 e. The second kappa shape index (κ2) is 12.4. The third kappa shape index (κ3) is 6.21. The molecule has 0 aliphatic heterocycles.